The first kappa shape index (κ1) is 25.6. The number of nitrogens with one attached hydrogen (secondary N) is 1. The summed E-state index contributed by atoms with van der Waals surface area (Å²) in [5.74, 6) is -0.335. The summed E-state index contributed by atoms with van der Waals surface area (Å²) >= 11 is 2.54. The van der Waals surface area contributed by atoms with Gasteiger partial charge in [0.2, 0.25) is 11.0 Å². The maximum atomic E-state index is 13.2. The van der Waals surface area contributed by atoms with Crippen LogP contribution in [0.4, 0.5) is 10.8 Å². The van der Waals surface area contributed by atoms with Crippen molar-refractivity contribution in [3.8, 4) is 6.07 Å². The molecule has 3 heterocycles. The number of thioether (sulfide) groups is 1. The van der Waals surface area contributed by atoms with Gasteiger partial charge < -0.3 is 11.1 Å². The number of benzene rings is 1. The predicted octanol–water partition coefficient (Wildman–Crippen LogP) is 4.59. The monoisotopic (exact) mass is 543 g/mol. The highest BCUT2D eigenvalue weighted by molar-refractivity contribution is 8.01. The number of nitrogens with two attached hydrogens (primary N) is 1. The molecule has 192 valence electrons. The van der Waals surface area contributed by atoms with Crippen molar-refractivity contribution in [1.29, 1.82) is 5.26 Å². The van der Waals surface area contributed by atoms with Crippen molar-refractivity contribution in [1.82, 2.24) is 15.2 Å². The zero-order chi connectivity index (χ0) is 26.8. The molecule has 3 N–H and O–H groups in total. The summed E-state index contributed by atoms with van der Waals surface area (Å²) in [6.07, 6.45) is 5.03. The minimum atomic E-state index is -0.566. The molecule has 1 aliphatic carbocycles. The number of allylic oxidation sites excluding steroid dienone is 3. The molecule has 11 heteroatoms. The van der Waals surface area contributed by atoms with Gasteiger partial charge in [-0.25, -0.2) is 0 Å². The number of nitrogens with zero attached hydrogens (tertiary/aromatic N) is 5. The van der Waals surface area contributed by atoms with Gasteiger partial charge in [-0.3, -0.25) is 19.5 Å². The quantitative estimate of drug-likeness (QED) is 0.428. The van der Waals surface area contributed by atoms with Crippen LogP contribution in [0, 0.1) is 25.2 Å². The van der Waals surface area contributed by atoms with Gasteiger partial charge in [0.15, 0.2) is 10.1 Å². The van der Waals surface area contributed by atoms with Gasteiger partial charge in [0, 0.05) is 35.8 Å². The fourth-order valence-electron chi connectivity index (χ4n) is 4.68. The predicted molar refractivity (Wildman–Crippen MR) is 147 cm³/mol. The first-order valence-corrected chi connectivity index (χ1v) is 13.9. The molecule has 1 amide bonds. The summed E-state index contributed by atoms with van der Waals surface area (Å²) in [6, 6.07) is 11.7. The van der Waals surface area contributed by atoms with Crippen LogP contribution in [-0.2, 0) is 9.59 Å². The lowest BCUT2D eigenvalue weighted by atomic mass is 9.76. The third-order valence-electron chi connectivity index (χ3n) is 6.64. The molecule has 0 fully saturated rings. The summed E-state index contributed by atoms with van der Waals surface area (Å²) in [5.41, 5.74) is 11.9. The summed E-state index contributed by atoms with van der Waals surface area (Å²) in [5, 5.41) is 22.0. The number of rotatable bonds is 6. The highest BCUT2D eigenvalue weighted by Gasteiger charge is 2.41. The molecule has 0 radical (unpaired) electrons. The van der Waals surface area contributed by atoms with Crippen LogP contribution >= 0.6 is 23.1 Å². The van der Waals surface area contributed by atoms with Gasteiger partial charge in [-0.05, 0) is 61.6 Å². The van der Waals surface area contributed by atoms with Crippen molar-refractivity contribution in [2.24, 2.45) is 5.73 Å². The molecule has 38 heavy (non-hydrogen) atoms. The number of carbonyl (C=O) groups excluding carboxylic acids is 2. The molecule has 2 aliphatic rings. The van der Waals surface area contributed by atoms with Gasteiger partial charge in [-0.15, -0.1) is 10.2 Å². The van der Waals surface area contributed by atoms with Gasteiger partial charge in [0.05, 0.1) is 23.3 Å². The average molecular weight is 544 g/mol. The van der Waals surface area contributed by atoms with Crippen LogP contribution in [0.25, 0.3) is 0 Å². The van der Waals surface area contributed by atoms with Gasteiger partial charge in [-0.2, -0.15) is 5.26 Å². The number of nitriles is 1. The minimum Gasteiger partial charge on any atom is -0.384 e. The van der Waals surface area contributed by atoms with Crippen molar-refractivity contribution < 1.29 is 9.59 Å². The maximum absolute atomic E-state index is 13.2. The maximum Gasteiger partial charge on any atom is 0.234 e. The Hall–Kier alpha value is -4.01. The number of hydrogen-bond donors (Lipinski definition) is 2. The van der Waals surface area contributed by atoms with E-state index >= 15 is 0 Å². The van der Waals surface area contributed by atoms with Crippen molar-refractivity contribution in [3.63, 3.8) is 0 Å². The van der Waals surface area contributed by atoms with Crippen LogP contribution in [0.15, 0.2) is 69.7 Å². The standard InChI is InChI=1S/C27H25N7O2S2/c1-15-8-9-18(11-16(15)2)31-22(36)14-37-27-33-32-26(38-27)34-20-6-3-7-21(35)24(20)23(19(12-28)25(34)29)17-5-4-10-30-13-17/h4-5,8-11,13,23H,3,6-7,14,29H2,1-2H3,(H,31,36). The van der Waals surface area contributed by atoms with E-state index in [1.807, 2.05) is 38.1 Å². The van der Waals surface area contributed by atoms with Crippen LogP contribution in [0.1, 0.15) is 41.9 Å². The lowest BCUT2D eigenvalue weighted by molar-refractivity contribution is -0.116. The van der Waals surface area contributed by atoms with Gasteiger partial charge in [0.25, 0.3) is 0 Å². The van der Waals surface area contributed by atoms with Crippen molar-refractivity contribution in [3.05, 3.63) is 82.1 Å². The first-order chi connectivity index (χ1) is 18.4. The SMILES string of the molecule is Cc1ccc(NC(=O)CSc2nnc(N3C(N)=C(C#N)C(c4cccnc4)C4=C3CCCC4=O)s2)cc1C. The molecule has 5 rings (SSSR count). The smallest absolute Gasteiger partial charge is 0.234 e. The highest BCUT2D eigenvalue weighted by atomic mass is 32.2. The second-order valence-electron chi connectivity index (χ2n) is 9.09. The Morgan fingerprint density at radius 2 is 2.11 bits per heavy atom. The largest absolute Gasteiger partial charge is 0.384 e. The lowest BCUT2D eigenvalue weighted by Gasteiger charge is -2.37. The summed E-state index contributed by atoms with van der Waals surface area (Å²) < 4.78 is 0.584. The third-order valence-corrected chi connectivity index (χ3v) is 8.68. The molecule has 3 aromatic rings. The number of amides is 1. The number of pyridine rings is 1. The van der Waals surface area contributed by atoms with E-state index in [0.29, 0.717) is 34.3 Å². The average Bonchev–Trinajstić information content (AvgIpc) is 3.38. The number of aryl methyl sites for hydroxylation is 2. The molecule has 1 atom stereocenters. The van der Waals surface area contributed by atoms with Gasteiger partial charge in [0.1, 0.15) is 5.82 Å². The van der Waals surface area contributed by atoms with E-state index < -0.39 is 5.92 Å². The summed E-state index contributed by atoms with van der Waals surface area (Å²) in [4.78, 5) is 31.6. The van der Waals surface area contributed by atoms with Crippen LogP contribution < -0.4 is 16.0 Å². The number of ketones is 1. The van der Waals surface area contributed by atoms with Crippen LogP contribution in [0.5, 0.6) is 0 Å². The molecule has 0 saturated carbocycles. The molecule has 2 aromatic heterocycles. The van der Waals surface area contributed by atoms with Crippen molar-refractivity contribution in [2.75, 3.05) is 16.0 Å². The Labute approximate surface area is 228 Å². The molecular formula is C27H25N7O2S2. The fourth-order valence-corrected chi connectivity index (χ4v) is 6.36. The van der Waals surface area contributed by atoms with Crippen molar-refractivity contribution in [2.45, 2.75) is 43.4 Å². The zero-order valence-electron chi connectivity index (χ0n) is 20.9. The van der Waals surface area contributed by atoms with Gasteiger partial charge >= 0.3 is 0 Å². The molecular weight excluding hydrogens is 518 g/mol. The Morgan fingerprint density at radius 3 is 2.84 bits per heavy atom. The van der Waals surface area contributed by atoms with Crippen LogP contribution in [-0.4, -0.2) is 32.6 Å². The topological polar surface area (TPSA) is 138 Å². The van der Waals surface area contributed by atoms with E-state index in [4.69, 9.17) is 5.73 Å². The van der Waals surface area contributed by atoms with E-state index in [1.54, 1.807) is 23.4 Å². The molecule has 9 nitrogen and oxygen atoms in total. The molecule has 0 bridgehead atoms. The third kappa shape index (κ3) is 4.92. The second-order valence-corrected chi connectivity index (χ2v) is 11.3. The first-order valence-electron chi connectivity index (χ1n) is 12.1. The van der Waals surface area contributed by atoms with Gasteiger partial charge in [-0.1, -0.05) is 35.2 Å². The molecule has 0 spiro atoms. The molecule has 1 unspecified atom stereocenters. The fraction of sp³-hybridized carbons (Fsp3) is 0.259. The number of Topliss-reactive ketones (excluding diaryl/α,β-unsaturated/α-hetero) is 1. The van der Waals surface area contributed by atoms with Crippen molar-refractivity contribution >= 4 is 45.6 Å². The molecule has 1 aliphatic heterocycles. The Morgan fingerprint density at radius 1 is 1.26 bits per heavy atom. The second kappa shape index (κ2) is 10.8. The lowest BCUT2D eigenvalue weighted by Crippen LogP contribution is -2.38. The Balaban J connectivity index is 1.39. The number of hydrogen-bond acceptors (Lipinski definition) is 10. The molecule has 0 saturated heterocycles. The number of aromatic nitrogens is 3. The van der Waals surface area contributed by atoms with E-state index in [2.05, 4.69) is 26.6 Å². The van der Waals surface area contributed by atoms with E-state index in [-0.39, 0.29) is 28.8 Å². The summed E-state index contributed by atoms with van der Waals surface area (Å²) in [6.45, 7) is 4.02. The summed E-state index contributed by atoms with van der Waals surface area (Å²) in [7, 11) is 0. The van der Waals surface area contributed by atoms with E-state index in [9.17, 15) is 14.9 Å². The minimum absolute atomic E-state index is 0.00696. The number of anilines is 2. The van der Waals surface area contributed by atoms with E-state index in [0.717, 1.165) is 28.1 Å². The van der Waals surface area contributed by atoms with Crippen LogP contribution in [0.2, 0.25) is 0 Å². The highest BCUT2D eigenvalue weighted by Crippen LogP contribution is 2.46. The zero-order valence-corrected chi connectivity index (χ0v) is 22.5. The Bertz CT molecular complexity index is 1520. The van der Waals surface area contributed by atoms with Crippen LogP contribution in [0.3, 0.4) is 0 Å². The Kier molecular flexibility index (Phi) is 7.26. The van der Waals surface area contributed by atoms with E-state index in [1.165, 1.54) is 23.1 Å². The normalized spacial score (nSPS) is 17.3. The molecule has 1 aromatic carbocycles. The number of carbonyl (C=O) groups is 2.